The lowest BCUT2D eigenvalue weighted by Gasteiger charge is -2.32. The first-order chi connectivity index (χ1) is 9.15. The summed E-state index contributed by atoms with van der Waals surface area (Å²) in [4.78, 5) is 2.22. The first kappa shape index (κ1) is 14.3. The van der Waals surface area contributed by atoms with Gasteiger partial charge in [-0.05, 0) is 25.5 Å². The van der Waals surface area contributed by atoms with Crippen molar-refractivity contribution < 1.29 is 14.6 Å². The van der Waals surface area contributed by atoms with Gasteiger partial charge >= 0.3 is 0 Å². The average molecular weight is 265 g/mol. The first-order valence-corrected chi connectivity index (χ1v) is 6.85. The minimum atomic E-state index is -0.468. The molecule has 1 heterocycles. The van der Waals surface area contributed by atoms with Gasteiger partial charge in [0.25, 0.3) is 0 Å². The Morgan fingerprint density at radius 3 is 3.00 bits per heavy atom. The minimum Gasteiger partial charge on any atom is -0.491 e. The van der Waals surface area contributed by atoms with Crippen molar-refractivity contribution >= 4 is 0 Å². The summed E-state index contributed by atoms with van der Waals surface area (Å²) in [7, 11) is 0. The van der Waals surface area contributed by atoms with Gasteiger partial charge in [0.05, 0.1) is 12.7 Å². The monoisotopic (exact) mass is 265 g/mol. The number of morpholine rings is 1. The van der Waals surface area contributed by atoms with Gasteiger partial charge in [-0.1, -0.05) is 18.2 Å². The van der Waals surface area contributed by atoms with E-state index < -0.39 is 6.10 Å². The van der Waals surface area contributed by atoms with Crippen LogP contribution < -0.4 is 4.74 Å². The number of β-amino-alcohol motifs (C(OH)–C–C–N with tert-alkyl or cyclic N) is 1. The van der Waals surface area contributed by atoms with Gasteiger partial charge in [-0.15, -0.1) is 0 Å². The highest BCUT2D eigenvalue weighted by molar-refractivity contribution is 5.31. The van der Waals surface area contributed by atoms with Crippen molar-refractivity contribution in [2.24, 2.45) is 0 Å². The molecule has 4 nitrogen and oxygen atoms in total. The zero-order valence-electron chi connectivity index (χ0n) is 11.7. The number of aliphatic hydroxyl groups excluding tert-OH is 1. The number of ether oxygens (including phenoxy) is 2. The molecule has 19 heavy (non-hydrogen) atoms. The quantitative estimate of drug-likeness (QED) is 0.875. The highest BCUT2D eigenvalue weighted by Crippen LogP contribution is 2.16. The van der Waals surface area contributed by atoms with Crippen LogP contribution in [0.15, 0.2) is 24.3 Å². The van der Waals surface area contributed by atoms with Gasteiger partial charge in [0.1, 0.15) is 18.5 Å². The van der Waals surface area contributed by atoms with Crippen molar-refractivity contribution in [3.05, 3.63) is 29.8 Å². The summed E-state index contributed by atoms with van der Waals surface area (Å²) >= 11 is 0. The normalized spacial score (nSPS) is 22.2. The molecule has 0 spiro atoms. The molecule has 1 saturated heterocycles. The highest BCUT2D eigenvalue weighted by Gasteiger charge is 2.19. The van der Waals surface area contributed by atoms with Crippen LogP contribution in [0.5, 0.6) is 5.75 Å². The van der Waals surface area contributed by atoms with Crippen molar-refractivity contribution in [1.29, 1.82) is 0 Å². The molecule has 1 aliphatic heterocycles. The van der Waals surface area contributed by atoms with E-state index in [1.807, 2.05) is 31.2 Å². The average Bonchev–Trinajstić information content (AvgIpc) is 2.38. The Morgan fingerprint density at radius 1 is 1.47 bits per heavy atom. The Kier molecular flexibility index (Phi) is 5.19. The Bertz CT molecular complexity index is 397. The fraction of sp³-hybridized carbons (Fsp3) is 0.600. The van der Waals surface area contributed by atoms with E-state index in [0.717, 1.165) is 31.0 Å². The molecule has 0 bridgehead atoms. The molecule has 1 aromatic rings. The van der Waals surface area contributed by atoms with Crippen molar-refractivity contribution in [1.82, 2.24) is 4.90 Å². The van der Waals surface area contributed by atoms with Crippen molar-refractivity contribution in [2.75, 3.05) is 32.8 Å². The van der Waals surface area contributed by atoms with Gasteiger partial charge in [-0.3, -0.25) is 4.90 Å². The maximum absolute atomic E-state index is 10.0. The van der Waals surface area contributed by atoms with Gasteiger partial charge < -0.3 is 14.6 Å². The minimum absolute atomic E-state index is 0.248. The predicted molar refractivity (Wildman–Crippen MR) is 74.5 cm³/mol. The summed E-state index contributed by atoms with van der Waals surface area (Å²) in [6.07, 6.45) is -0.219. The number of benzene rings is 1. The summed E-state index contributed by atoms with van der Waals surface area (Å²) in [6.45, 7) is 7.53. The molecule has 0 aliphatic carbocycles. The number of hydrogen-bond donors (Lipinski definition) is 1. The molecule has 4 heteroatoms. The Morgan fingerprint density at radius 2 is 2.26 bits per heavy atom. The second-order valence-electron chi connectivity index (χ2n) is 5.17. The predicted octanol–water partition coefficient (Wildman–Crippen LogP) is 1.46. The van der Waals surface area contributed by atoms with E-state index >= 15 is 0 Å². The van der Waals surface area contributed by atoms with E-state index in [0.29, 0.717) is 13.2 Å². The van der Waals surface area contributed by atoms with Crippen LogP contribution in [-0.2, 0) is 4.74 Å². The number of rotatable bonds is 5. The summed E-state index contributed by atoms with van der Waals surface area (Å²) in [5.41, 5.74) is 1.09. The molecular formula is C15H23NO3. The number of aliphatic hydroxyl groups is 1. The van der Waals surface area contributed by atoms with Crippen LogP contribution in [-0.4, -0.2) is 55.1 Å². The van der Waals surface area contributed by atoms with E-state index in [-0.39, 0.29) is 6.10 Å². The second-order valence-corrected chi connectivity index (χ2v) is 5.17. The molecule has 2 rings (SSSR count). The molecule has 2 atom stereocenters. The van der Waals surface area contributed by atoms with Crippen LogP contribution in [0.3, 0.4) is 0 Å². The summed E-state index contributed by atoms with van der Waals surface area (Å²) in [5.74, 6) is 0.844. The molecule has 2 unspecified atom stereocenters. The van der Waals surface area contributed by atoms with Gasteiger partial charge in [0.2, 0.25) is 0 Å². The van der Waals surface area contributed by atoms with Crippen LogP contribution in [0.25, 0.3) is 0 Å². The van der Waals surface area contributed by atoms with Crippen LogP contribution in [0, 0.1) is 6.92 Å². The van der Waals surface area contributed by atoms with Gasteiger partial charge in [0, 0.05) is 19.6 Å². The van der Waals surface area contributed by atoms with Crippen LogP contribution >= 0.6 is 0 Å². The molecule has 0 amide bonds. The largest absolute Gasteiger partial charge is 0.491 e. The van der Waals surface area contributed by atoms with E-state index in [1.54, 1.807) is 0 Å². The van der Waals surface area contributed by atoms with Crippen molar-refractivity contribution in [3.63, 3.8) is 0 Å². The van der Waals surface area contributed by atoms with Crippen molar-refractivity contribution in [2.45, 2.75) is 26.1 Å². The highest BCUT2D eigenvalue weighted by atomic mass is 16.5. The third-order valence-corrected chi connectivity index (χ3v) is 3.32. The lowest BCUT2D eigenvalue weighted by atomic mass is 10.2. The molecule has 1 N–H and O–H groups in total. The van der Waals surface area contributed by atoms with Crippen molar-refractivity contribution in [3.8, 4) is 5.75 Å². The Hall–Kier alpha value is -1.10. The lowest BCUT2D eigenvalue weighted by molar-refractivity contribution is -0.0361. The Labute approximate surface area is 114 Å². The number of nitrogens with zero attached hydrogens (tertiary/aromatic N) is 1. The summed E-state index contributed by atoms with van der Waals surface area (Å²) < 4.78 is 11.1. The molecular weight excluding hydrogens is 242 g/mol. The van der Waals surface area contributed by atoms with Crippen LogP contribution in [0.2, 0.25) is 0 Å². The molecule has 0 saturated carbocycles. The Balaban J connectivity index is 1.75. The van der Waals surface area contributed by atoms with Crippen LogP contribution in [0.4, 0.5) is 0 Å². The topological polar surface area (TPSA) is 41.9 Å². The van der Waals surface area contributed by atoms with E-state index in [4.69, 9.17) is 9.47 Å². The van der Waals surface area contributed by atoms with Crippen LogP contribution in [0.1, 0.15) is 12.5 Å². The fourth-order valence-corrected chi connectivity index (χ4v) is 2.31. The van der Waals surface area contributed by atoms with Gasteiger partial charge in [0.15, 0.2) is 0 Å². The van der Waals surface area contributed by atoms with E-state index in [2.05, 4.69) is 11.8 Å². The van der Waals surface area contributed by atoms with Gasteiger partial charge in [-0.25, -0.2) is 0 Å². The molecule has 0 radical (unpaired) electrons. The molecule has 1 aromatic carbocycles. The maximum Gasteiger partial charge on any atom is 0.122 e. The first-order valence-electron chi connectivity index (χ1n) is 6.85. The van der Waals surface area contributed by atoms with E-state index in [9.17, 15) is 5.11 Å². The zero-order valence-corrected chi connectivity index (χ0v) is 11.7. The SMILES string of the molecule is Cc1ccccc1OCC(O)CN1CCOC(C)C1. The van der Waals surface area contributed by atoms with E-state index in [1.165, 1.54) is 0 Å². The summed E-state index contributed by atoms with van der Waals surface area (Å²) in [5, 5.41) is 10.0. The smallest absolute Gasteiger partial charge is 0.122 e. The molecule has 0 aromatic heterocycles. The molecule has 1 aliphatic rings. The number of hydrogen-bond acceptors (Lipinski definition) is 4. The zero-order chi connectivity index (χ0) is 13.7. The molecule has 106 valence electrons. The summed E-state index contributed by atoms with van der Waals surface area (Å²) in [6, 6.07) is 7.86. The van der Waals surface area contributed by atoms with Gasteiger partial charge in [-0.2, -0.15) is 0 Å². The standard InChI is InChI=1S/C15H23NO3/c1-12-5-3-4-6-15(12)19-11-14(17)10-16-7-8-18-13(2)9-16/h3-6,13-14,17H,7-11H2,1-2H3. The lowest BCUT2D eigenvalue weighted by Crippen LogP contribution is -2.45. The molecule has 1 fully saturated rings. The number of para-hydroxylation sites is 1. The fourth-order valence-electron chi connectivity index (χ4n) is 2.31. The second kappa shape index (κ2) is 6.89. The third-order valence-electron chi connectivity index (χ3n) is 3.32. The third kappa shape index (κ3) is 4.49. The maximum atomic E-state index is 10.0. The number of aryl methyl sites for hydroxylation is 1.